The summed E-state index contributed by atoms with van der Waals surface area (Å²) in [5.41, 5.74) is 8.68. The lowest BCUT2D eigenvalue weighted by atomic mass is 10.1. The highest BCUT2D eigenvalue weighted by Gasteiger charge is 1.99. The predicted octanol–water partition coefficient (Wildman–Crippen LogP) is 2.13. The zero-order valence-corrected chi connectivity index (χ0v) is 10.7. The molecule has 0 aliphatic carbocycles. The zero-order valence-electron chi connectivity index (χ0n) is 9.84. The van der Waals surface area contributed by atoms with E-state index in [1.807, 2.05) is 24.3 Å². The summed E-state index contributed by atoms with van der Waals surface area (Å²) in [6.45, 7) is 1.66. The molecule has 5 heteroatoms. The van der Waals surface area contributed by atoms with Crippen molar-refractivity contribution in [2.45, 2.75) is 13.1 Å². The molecule has 4 N–H and O–H groups in total. The predicted molar refractivity (Wildman–Crippen MR) is 73.8 cm³/mol. The third-order valence-corrected chi connectivity index (χ3v) is 3.33. The van der Waals surface area contributed by atoms with Crippen LogP contribution in [-0.2, 0) is 13.1 Å². The summed E-state index contributed by atoms with van der Waals surface area (Å²) in [6.07, 6.45) is 0. The van der Waals surface area contributed by atoms with Crippen LogP contribution in [0.15, 0.2) is 46.2 Å². The molecule has 0 unspecified atom stereocenters. The molecular weight excluding hydrogens is 246 g/mol. The molecule has 1 aromatic heterocycles. The fourth-order valence-corrected chi connectivity index (χ4v) is 2.26. The van der Waals surface area contributed by atoms with Crippen LogP contribution in [0.2, 0.25) is 0 Å². The average Bonchev–Trinajstić information content (AvgIpc) is 2.92. The van der Waals surface area contributed by atoms with Crippen molar-refractivity contribution < 1.29 is 5.21 Å². The standard InChI is InChI=1S/C13H15N3OS/c14-13(16-17)12-3-1-10(2-4-12)7-15-8-11-5-6-18-9-11/h1-6,9,15,17H,7-8H2,(H2,14,16). The molecule has 0 saturated heterocycles. The van der Waals surface area contributed by atoms with Gasteiger partial charge in [-0.1, -0.05) is 29.4 Å². The fraction of sp³-hybridized carbons (Fsp3) is 0.154. The van der Waals surface area contributed by atoms with Gasteiger partial charge in [-0.3, -0.25) is 0 Å². The summed E-state index contributed by atoms with van der Waals surface area (Å²) in [5, 5.41) is 19.1. The third kappa shape index (κ3) is 3.32. The van der Waals surface area contributed by atoms with Gasteiger partial charge < -0.3 is 16.3 Å². The molecule has 1 heterocycles. The Kier molecular flexibility index (Phi) is 4.33. The Bertz CT molecular complexity index is 506. The molecule has 0 bridgehead atoms. The van der Waals surface area contributed by atoms with E-state index in [9.17, 15) is 0 Å². The molecule has 0 saturated carbocycles. The highest BCUT2D eigenvalue weighted by molar-refractivity contribution is 7.07. The van der Waals surface area contributed by atoms with Gasteiger partial charge in [0.05, 0.1) is 0 Å². The third-order valence-electron chi connectivity index (χ3n) is 2.60. The SMILES string of the molecule is NC(=NO)c1ccc(CNCc2ccsc2)cc1. The molecule has 94 valence electrons. The lowest BCUT2D eigenvalue weighted by molar-refractivity contribution is 0.318. The Morgan fingerprint density at radius 3 is 2.50 bits per heavy atom. The average molecular weight is 261 g/mol. The summed E-state index contributed by atoms with van der Waals surface area (Å²) in [4.78, 5) is 0. The maximum absolute atomic E-state index is 8.56. The molecule has 0 aliphatic rings. The topological polar surface area (TPSA) is 70.6 Å². The summed E-state index contributed by atoms with van der Waals surface area (Å²) < 4.78 is 0. The van der Waals surface area contributed by atoms with E-state index in [0.717, 1.165) is 18.7 Å². The van der Waals surface area contributed by atoms with Crippen molar-refractivity contribution in [1.29, 1.82) is 0 Å². The van der Waals surface area contributed by atoms with E-state index in [1.165, 1.54) is 11.1 Å². The zero-order chi connectivity index (χ0) is 12.8. The molecule has 0 fully saturated rings. The second-order valence-electron chi connectivity index (χ2n) is 3.92. The number of nitrogens with one attached hydrogen (secondary N) is 1. The quantitative estimate of drug-likeness (QED) is 0.334. The van der Waals surface area contributed by atoms with Crippen molar-refractivity contribution in [3.63, 3.8) is 0 Å². The monoisotopic (exact) mass is 261 g/mol. The lowest BCUT2D eigenvalue weighted by Crippen LogP contribution is -2.14. The van der Waals surface area contributed by atoms with Crippen LogP contribution in [0.3, 0.4) is 0 Å². The normalized spacial score (nSPS) is 11.7. The molecule has 2 rings (SSSR count). The van der Waals surface area contributed by atoms with E-state index in [4.69, 9.17) is 10.9 Å². The molecule has 0 amide bonds. The number of amidine groups is 1. The summed E-state index contributed by atoms with van der Waals surface area (Å²) in [6, 6.07) is 9.73. The van der Waals surface area contributed by atoms with Crippen LogP contribution in [0, 0.1) is 0 Å². The van der Waals surface area contributed by atoms with Crippen LogP contribution in [0.1, 0.15) is 16.7 Å². The Morgan fingerprint density at radius 1 is 1.17 bits per heavy atom. The minimum absolute atomic E-state index is 0.132. The molecule has 0 spiro atoms. The molecule has 0 aliphatic heterocycles. The van der Waals surface area contributed by atoms with Crippen molar-refractivity contribution in [2.75, 3.05) is 0 Å². The highest BCUT2D eigenvalue weighted by Crippen LogP contribution is 2.07. The van der Waals surface area contributed by atoms with Gasteiger partial charge in [0.25, 0.3) is 0 Å². The van der Waals surface area contributed by atoms with E-state index in [2.05, 4.69) is 27.3 Å². The van der Waals surface area contributed by atoms with Gasteiger partial charge >= 0.3 is 0 Å². The van der Waals surface area contributed by atoms with Gasteiger partial charge in [-0.2, -0.15) is 11.3 Å². The van der Waals surface area contributed by atoms with Gasteiger partial charge in [0.2, 0.25) is 0 Å². The van der Waals surface area contributed by atoms with Crippen LogP contribution >= 0.6 is 11.3 Å². The first-order chi connectivity index (χ1) is 8.79. The number of thiophene rings is 1. The van der Waals surface area contributed by atoms with Gasteiger partial charge in [-0.05, 0) is 28.0 Å². The second kappa shape index (κ2) is 6.18. The largest absolute Gasteiger partial charge is 0.409 e. The number of hydrogen-bond acceptors (Lipinski definition) is 4. The van der Waals surface area contributed by atoms with Crippen LogP contribution in [0.25, 0.3) is 0 Å². The van der Waals surface area contributed by atoms with Crippen molar-refractivity contribution >= 4 is 17.2 Å². The highest BCUT2D eigenvalue weighted by atomic mass is 32.1. The molecule has 18 heavy (non-hydrogen) atoms. The summed E-state index contributed by atoms with van der Waals surface area (Å²) >= 11 is 1.70. The van der Waals surface area contributed by atoms with Crippen LogP contribution in [-0.4, -0.2) is 11.0 Å². The first-order valence-electron chi connectivity index (χ1n) is 5.58. The van der Waals surface area contributed by atoms with Gasteiger partial charge in [0.1, 0.15) is 0 Å². The lowest BCUT2D eigenvalue weighted by Gasteiger charge is -2.05. The number of oxime groups is 1. The van der Waals surface area contributed by atoms with E-state index in [1.54, 1.807) is 11.3 Å². The Hall–Kier alpha value is -1.85. The molecule has 0 atom stereocenters. The smallest absolute Gasteiger partial charge is 0.170 e. The summed E-state index contributed by atoms with van der Waals surface area (Å²) in [7, 11) is 0. The Balaban J connectivity index is 1.87. The minimum Gasteiger partial charge on any atom is -0.409 e. The number of benzene rings is 1. The summed E-state index contributed by atoms with van der Waals surface area (Å²) in [5.74, 6) is 0.132. The number of hydrogen-bond donors (Lipinski definition) is 3. The van der Waals surface area contributed by atoms with Crippen LogP contribution in [0.4, 0.5) is 0 Å². The van der Waals surface area contributed by atoms with Crippen LogP contribution < -0.4 is 11.1 Å². The van der Waals surface area contributed by atoms with Gasteiger partial charge in [0, 0.05) is 18.7 Å². The molecule has 4 nitrogen and oxygen atoms in total. The van der Waals surface area contributed by atoms with Crippen molar-refractivity contribution in [3.05, 3.63) is 57.8 Å². The Labute approximate surface area is 110 Å². The van der Waals surface area contributed by atoms with Crippen molar-refractivity contribution in [1.82, 2.24) is 5.32 Å². The maximum Gasteiger partial charge on any atom is 0.170 e. The molecular formula is C13H15N3OS. The Morgan fingerprint density at radius 2 is 1.89 bits per heavy atom. The number of nitrogens with zero attached hydrogens (tertiary/aromatic N) is 1. The van der Waals surface area contributed by atoms with E-state index < -0.39 is 0 Å². The first kappa shape index (κ1) is 12.6. The van der Waals surface area contributed by atoms with Crippen LogP contribution in [0.5, 0.6) is 0 Å². The second-order valence-corrected chi connectivity index (χ2v) is 4.70. The van der Waals surface area contributed by atoms with Crippen molar-refractivity contribution in [2.24, 2.45) is 10.9 Å². The van der Waals surface area contributed by atoms with Gasteiger partial charge in [0.15, 0.2) is 5.84 Å². The fourth-order valence-electron chi connectivity index (χ4n) is 1.60. The molecule has 1 aromatic carbocycles. The maximum atomic E-state index is 8.56. The molecule has 0 radical (unpaired) electrons. The van der Waals surface area contributed by atoms with E-state index >= 15 is 0 Å². The number of rotatable bonds is 5. The van der Waals surface area contributed by atoms with Gasteiger partial charge in [-0.25, -0.2) is 0 Å². The first-order valence-corrected chi connectivity index (χ1v) is 6.52. The van der Waals surface area contributed by atoms with E-state index in [-0.39, 0.29) is 5.84 Å². The van der Waals surface area contributed by atoms with E-state index in [0.29, 0.717) is 0 Å². The molecule has 2 aromatic rings. The minimum atomic E-state index is 0.132. The number of nitrogens with two attached hydrogens (primary N) is 1. The van der Waals surface area contributed by atoms with Gasteiger partial charge in [-0.15, -0.1) is 0 Å². The van der Waals surface area contributed by atoms with Crippen molar-refractivity contribution in [3.8, 4) is 0 Å².